The first-order valence-electron chi connectivity index (χ1n) is 3.37. The van der Waals surface area contributed by atoms with Gasteiger partial charge in [0.05, 0.1) is 4.92 Å². The van der Waals surface area contributed by atoms with Gasteiger partial charge in [0, 0.05) is 22.1 Å². The van der Waals surface area contributed by atoms with Gasteiger partial charge in [-0.2, -0.15) is 4.37 Å². The van der Waals surface area contributed by atoms with Gasteiger partial charge in [0.25, 0.3) is 5.69 Å². The number of rotatable bonds is 1. The van der Waals surface area contributed by atoms with E-state index in [2.05, 4.69) is 20.3 Å². The molecule has 0 unspecified atom stereocenters. The highest BCUT2D eigenvalue weighted by Gasteiger charge is 2.14. The van der Waals surface area contributed by atoms with Crippen LogP contribution in [0.3, 0.4) is 0 Å². The molecule has 0 aliphatic carbocycles. The fourth-order valence-corrected chi connectivity index (χ4v) is 2.25. The first-order chi connectivity index (χ1) is 6.18. The van der Waals surface area contributed by atoms with E-state index in [1.807, 2.05) is 6.07 Å². The molecule has 66 valence electrons. The van der Waals surface area contributed by atoms with Crippen molar-refractivity contribution in [2.45, 2.75) is 0 Å². The summed E-state index contributed by atoms with van der Waals surface area (Å²) in [4.78, 5) is 10.2. The number of nitrogens with zero attached hydrogens (tertiary/aromatic N) is 2. The summed E-state index contributed by atoms with van der Waals surface area (Å²) in [6.45, 7) is 0. The van der Waals surface area contributed by atoms with Gasteiger partial charge in [0.2, 0.25) is 0 Å². The Kier molecular flexibility index (Phi) is 2.01. The third kappa shape index (κ3) is 1.42. The van der Waals surface area contributed by atoms with Crippen molar-refractivity contribution in [2.24, 2.45) is 0 Å². The molecule has 1 heterocycles. The predicted octanol–water partition coefficient (Wildman–Crippen LogP) is 2.97. The van der Waals surface area contributed by atoms with Crippen molar-refractivity contribution < 1.29 is 4.92 Å². The van der Waals surface area contributed by atoms with Gasteiger partial charge in [-0.15, -0.1) is 0 Å². The Morgan fingerprint density at radius 1 is 1.54 bits per heavy atom. The van der Waals surface area contributed by atoms with Gasteiger partial charge in [-0.1, -0.05) is 15.9 Å². The summed E-state index contributed by atoms with van der Waals surface area (Å²) in [5, 5.41) is 11.4. The zero-order chi connectivity index (χ0) is 9.42. The topological polar surface area (TPSA) is 56.0 Å². The molecule has 0 fully saturated rings. The summed E-state index contributed by atoms with van der Waals surface area (Å²) >= 11 is 4.35. The Labute approximate surface area is 85.6 Å². The summed E-state index contributed by atoms with van der Waals surface area (Å²) in [5.74, 6) is 0. The molecule has 0 bridgehead atoms. The van der Waals surface area contributed by atoms with Gasteiger partial charge in [0.1, 0.15) is 4.70 Å². The van der Waals surface area contributed by atoms with E-state index >= 15 is 0 Å². The first-order valence-corrected chi connectivity index (χ1v) is 4.93. The van der Waals surface area contributed by atoms with Crippen LogP contribution in [0, 0.1) is 10.1 Å². The molecule has 6 heteroatoms. The maximum atomic E-state index is 10.6. The average Bonchev–Trinajstić information content (AvgIpc) is 2.49. The third-order valence-corrected chi connectivity index (χ3v) is 2.89. The van der Waals surface area contributed by atoms with E-state index in [1.165, 1.54) is 6.07 Å². The fraction of sp³-hybridized carbons (Fsp3) is 0. The summed E-state index contributed by atoms with van der Waals surface area (Å²) in [5.41, 5.74) is 0.104. The van der Waals surface area contributed by atoms with Crippen molar-refractivity contribution in [2.75, 3.05) is 0 Å². The van der Waals surface area contributed by atoms with Gasteiger partial charge >= 0.3 is 0 Å². The molecule has 1 aromatic carbocycles. The SMILES string of the molecule is O=[N+]([O-])c1cc(Br)cc2cnsc12. The minimum Gasteiger partial charge on any atom is -0.258 e. The van der Waals surface area contributed by atoms with Crippen LogP contribution in [-0.4, -0.2) is 9.30 Å². The molecule has 0 aliphatic heterocycles. The van der Waals surface area contributed by atoms with Gasteiger partial charge in [-0.05, 0) is 17.6 Å². The molecule has 0 amide bonds. The molecular weight excluding hydrogens is 256 g/mol. The Bertz CT molecular complexity index is 482. The van der Waals surface area contributed by atoms with Crippen LogP contribution in [0.4, 0.5) is 5.69 Å². The molecule has 0 spiro atoms. The molecule has 2 aromatic rings. The maximum absolute atomic E-state index is 10.6. The van der Waals surface area contributed by atoms with E-state index in [0.717, 1.165) is 16.9 Å². The second-order valence-electron chi connectivity index (χ2n) is 2.43. The molecule has 0 radical (unpaired) electrons. The number of fused-ring (bicyclic) bond motifs is 1. The molecule has 0 saturated heterocycles. The van der Waals surface area contributed by atoms with Crippen LogP contribution in [0.25, 0.3) is 10.1 Å². The highest BCUT2D eigenvalue weighted by molar-refractivity contribution is 9.10. The molecule has 0 atom stereocenters. The fourth-order valence-electron chi connectivity index (χ4n) is 1.07. The van der Waals surface area contributed by atoms with Crippen LogP contribution < -0.4 is 0 Å². The van der Waals surface area contributed by atoms with Crippen molar-refractivity contribution in [1.29, 1.82) is 0 Å². The number of hydrogen-bond acceptors (Lipinski definition) is 4. The Balaban J connectivity index is 2.84. The standard InChI is InChI=1S/C7H3BrN2O2S/c8-5-1-4-3-9-13-7(4)6(2-5)10(11)12/h1-3H. The minimum absolute atomic E-state index is 0.104. The third-order valence-electron chi connectivity index (χ3n) is 1.60. The molecule has 1 aromatic heterocycles. The van der Waals surface area contributed by atoms with Gasteiger partial charge in [-0.25, -0.2) is 0 Å². The predicted molar refractivity (Wildman–Crippen MR) is 54.0 cm³/mol. The number of benzene rings is 1. The zero-order valence-corrected chi connectivity index (χ0v) is 8.63. The number of hydrogen-bond donors (Lipinski definition) is 0. The van der Waals surface area contributed by atoms with Gasteiger partial charge in [-0.3, -0.25) is 10.1 Å². The largest absolute Gasteiger partial charge is 0.289 e. The molecule has 2 rings (SSSR count). The lowest BCUT2D eigenvalue weighted by Crippen LogP contribution is -1.87. The van der Waals surface area contributed by atoms with Crippen LogP contribution >= 0.6 is 27.5 Å². The van der Waals surface area contributed by atoms with E-state index in [4.69, 9.17) is 0 Å². The van der Waals surface area contributed by atoms with Crippen molar-refractivity contribution in [3.05, 3.63) is 32.9 Å². The van der Waals surface area contributed by atoms with Gasteiger partial charge < -0.3 is 0 Å². The number of halogens is 1. The molecule has 0 saturated carbocycles. The maximum Gasteiger partial charge on any atom is 0.289 e. The number of non-ortho nitro benzene ring substituents is 1. The molecule has 13 heavy (non-hydrogen) atoms. The summed E-state index contributed by atoms with van der Waals surface area (Å²) in [6, 6.07) is 3.30. The monoisotopic (exact) mass is 258 g/mol. The highest BCUT2D eigenvalue weighted by atomic mass is 79.9. The molecule has 4 nitrogen and oxygen atoms in total. The van der Waals surface area contributed by atoms with Gasteiger partial charge in [0.15, 0.2) is 0 Å². The van der Waals surface area contributed by atoms with Crippen molar-refractivity contribution in [1.82, 2.24) is 4.37 Å². The second kappa shape index (κ2) is 3.04. The quantitative estimate of drug-likeness (QED) is 0.584. The van der Waals surface area contributed by atoms with E-state index in [1.54, 1.807) is 6.20 Å². The highest BCUT2D eigenvalue weighted by Crippen LogP contribution is 2.32. The van der Waals surface area contributed by atoms with E-state index < -0.39 is 4.92 Å². The Hall–Kier alpha value is -1.01. The van der Waals surface area contributed by atoms with Crippen LogP contribution in [-0.2, 0) is 0 Å². The minimum atomic E-state index is -0.398. The van der Waals surface area contributed by atoms with E-state index in [9.17, 15) is 10.1 Å². The van der Waals surface area contributed by atoms with Crippen molar-refractivity contribution >= 4 is 43.2 Å². The first kappa shape index (κ1) is 8.58. The zero-order valence-electron chi connectivity index (χ0n) is 6.23. The average molecular weight is 259 g/mol. The lowest BCUT2D eigenvalue weighted by atomic mass is 10.2. The van der Waals surface area contributed by atoms with Crippen molar-refractivity contribution in [3.8, 4) is 0 Å². The summed E-state index contributed by atoms with van der Waals surface area (Å²) in [7, 11) is 0. The van der Waals surface area contributed by atoms with Crippen LogP contribution in [0.15, 0.2) is 22.8 Å². The lowest BCUT2D eigenvalue weighted by molar-refractivity contribution is -0.382. The van der Waals surface area contributed by atoms with E-state index in [0.29, 0.717) is 9.17 Å². The number of nitro benzene ring substituents is 1. The second-order valence-corrected chi connectivity index (χ2v) is 4.14. The molecule has 0 aliphatic rings. The van der Waals surface area contributed by atoms with Crippen LogP contribution in [0.2, 0.25) is 0 Å². The molecule has 0 N–H and O–H groups in total. The summed E-state index contributed by atoms with van der Waals surface area (Å²) < 4.78 is 5.22. The van der Waals surface area contributed by atoms with Crippen LogP contribution in [0.1, 0.15) is 0 Å². The smallest absolute Gasteiger partial charge is 0.258 e. The lowest BCUT2D eigenvalue weighted by Gasteiger charge is -1.93. The van der Waals surface area contributed by atoms with Crippen molar-refractivity contribution in [3.63, 3.8) is 0 Å². The molecular formula is C7H3BrN2O2S. The Morgan fingerprint density at radius 2 is 2.31 bits per heavy atom. The Morgan fingerprint density at radius 3 is 3.00 bits per heavy atom. The summed E-state index contributed by atoms with van der Waals surface area (Å²) in [6.07, 6.45) is 1.62. The number of nitro groups is 1. The van der Waals surface area contributed by atoms with Crippen LogP contribution in [0.5, 0.6) is 0 Å². The normalized spacial score (nSPS) is 10.5. The van der Waals surface area contributed by atoms with E-state index in [-0.39, 0.29) is 5.69 Å². The number of aromatic nitrogens is 1.